The van der Waals surface area contributed by atoms with Gasteiger partial charge < -0.3 is 14.8 Å². The van der Waals surface area contributed by atoms with Crippen LogP contribution < -0.4 is 14.8 Å². The highest BCUT2D eigenvalue weighted by molar-refractivity contribution is 8.00. The van der Waals surface area contributed by atoms with E-state index in [-0.39, 0.29) is 35.0 Å². The number of hydrogen-bond acceptors (Lipinski definition) is 6. The quantitative estimate of drug-likeness (QED) is 0.333. The van der Waals surface area contributed by atoms with Crippen LogP contribution >= 0.6 is 23.3 Å². The minimum Gasteiger partial charge on any atom is -0.490 e. The lowest BCUT2D eigenvalue weighted by atomic mass is 9.80. The molecule has 1 heterocycles. The van der Waals surface area contributed by atoms with Crippen molar-refractivity contribution in [1.29, 1.82) is 0 Å². The largest absolute Gasteiger partial charge is 0.490 e. The summed E-state index contributed by atoms with van der Waals surface area (Å²) in [7, 11) is 0. The molecule has 174 valence electrons. The zero-order valence-corrected chi connectivity index (χ0v) is 19.6. The molecule has 2 unspecified atom stereocenters. The second-order valence-electron chi connectivity index (χ2n) is 7.62. The van der Waals surface area contributed by atoms with Crippen molar-refractivity contribution in [3.8, 4) is 5.75 Å². The molecule has 2 N–H and O–H groups in total. The van der Waals surface area contributed by atoms with Gasteiger partial charge in [-0.15, -0.1) is 11.3 Å². The molecule has 1 aliphatic rings. The van der Waals surface area contributed by atoms with E-state index in [1.165, 1.54) is 23.5 Å². The smallest absolute Gasteiger partial charge is 0.166 e. The monoisotopic (exact) mass is 491 g/mol. The number of halogens is 3. The van der Waals surface area contributed by atoms with Gasteiger partial charge in [0.05, 0.1) is 17.0 Å². The van der Waals surface area contributed by atoms with E-state index in [1.807, 2.05) is 6.92 Å². The second-order valence-corrected chi connectivity index (χ2v) is 9.18. The minimum absolute atomic E-state index is 0.0907. The molecule has 0 spiro atoms. The average molecular weight is 492 g/mol. The first-order valence-corrected chi connectivity index (χ1v) is 12.4. The summed E-state index contributed by atoms with van der Waals surface area (Å²) in [5.41, 5.74) is 3.57. The third-order valence-electron chi connectivity index (χ3n) is 5.47. The molecule has 0 saturated heterocycles. The summed E-state index contributed by atoms with van der Waals surface area (Å²) in [5.74, 6) is -1.16. The molecule has 3 aromatic rings. The molecule has 1 aromatic heterocycles. The van der Waals surface area contributed by atoms with Crippen LogP contribution in [0, 0.1) is 23.4 Å². The predicted octanol–water partition coefficient (Wildman–Crippen LogP) is 6.53. The summed E-state index contributed by atoms with van der Waals surface area (Å²) >= 11 is 2.36. The molecular formula is C24H24F3N3OS2. The third kappa shape index (κ3) is 5.90. The summed E-state index contributed by atoms with van der Waals surface area (Å²) in [6, 6.07) is 8.64. The van der Waals surface area contributed by atoms with Crippen molar-refractivity contribution in [3.63, 3.8) is 0 Å². The minimum atomic E-state index is -0.637. The lowest BCUT2D eigenvalue weighted by molar-refractivity contribution is 0.227. The molecule has 2 aromatic carbocycles. The molecule has 0 amide bonds. The standard InChI is InChI=1S/C24H24F3N3OS2/c1-2-28-21-5-3-4-17(15-6-8-16(25)9-7-15)18(21)12-31-22-10-20(27)23(11-19(22)26)33-30-24-13-32-14-29-24/h4,6-11,13-14,18,21,28,30H,2-3,5,12H2,1H3. The van der Waals surface area contributed by atoms with Crippen LogP contribution in [0.4, 0.5) is 19.0 Å². The Labute approximate surface area is 199 Å². The van der Waals surface area contributed by atoms with E-state index in [1.54, 1.807) is 23.0 Å². The van der Waals surface area contributed by atoms with Gasteiger partial charge in [-0.25, -0.2) is 18.2 Å². The number of rotatable bonds is 9. The molecule has 33 heavy (non-hydrogen) atoms. The second kappa shape index (κ2) is 11.1. The number of nitrogens with zero attached hydrogens (tertiary/aromatic N) is 1. The molecule has 0 saturated carbocycles. The van der Waals surface area contributed by atoms with Crippen molar-refractivity contribution in [2.45, 2.75) is 30.7 Å². The van der Waals surface area contributed by atoms with Gasteiger partial charge in [0.25, 0.3) is 0 Å². The van der Waals surface area contributed by atoms with Crippen molar-refractivity contribution in [1.82, 2.24) is 10.3 Å². The van der Waals surface area contributed by atoms with E-state index in [0.29, 0.717) is 5.82 Å². The predicted molar refractivity (Wildman–Crippen MR) is 128 cm³/mol. The first kappa shape index (κ1) is 23.7. The summed E-state index contributed by atoms with van der Waals surface area (Å²) in [5, 5.41) is 5.24. The summed E-state index contributed by atoms with van der Waals surface area (Å²) in [6.07, 6.45) is 3.90. The van der Waals surface area contributed by atoms with E-state index in [0.717, 1.165) is 54.6 Å². The number of hydrogen-bond donors (Lipinski definition) is 2. The topological polar surface area (TPSA) is 46.2 Å². The van der Waals surface area contributed by atoms with Crippen LogP contribution in [0.2, 0.25) is 0 Å². The Balaban J connectivity index is 1.50. The lowest BCUT2D eigenvalue weighted by Crippen LogP contribution is -2.41. The van der Waals surface area contributed by atoms with Crippen molar-refractivity contribution in [3.05, 3.63) is 76.4 Å². The van der Waals surface area contributed by atoms with Crippen molar-refractivity contribution in [2.24, 2.45) is 5.92 Å². The van der Waals surface area contributed by atoms with Gasteiger partial charge in [0, 0.05) is 23.4 Å². The number of thiazole rings is 1. The first-order chi connectivity index (χ1) is 16.0. The molecule has 1 aliphatic carbocycles. The number of anilines is 1. The van der Waals surface area contributed by atoms with Crippen LogP contribution in [0.15, 0.2) is 58.3 Å². The normalized spacial score (nSPS) is 18.1. The molecule has 9 heteroatoms. The highest BCUT2D eigenvalue weighted by Gasteiger charge is 2.29. The van der Waals surface area contributed by atoms with Gasteiger partial charge in [0.1, 0.15) is 17.5 Å². The van der Waals surface area contributed by atoms with Crippen molar-refractivity contribution < 1.29 is 17.9 Å². The molecule has 4 rings (SSSR count). The average Bonchev–Trinajstić information content (AvgIpc) is 3.33. The molecule has 0 radical (unpaired) electrons. The Morgan fingerprint density at radius 3 is 2.70 bits per heavy atom. The molecule has 2 atom stereocenters. The van der Waals surface area contributed by atoms with Gasteiger partial charge in [-0.3, -0.25) is 0 Å². The zero-order valence-electron chi connectivity index (χ0n) is 18.0. The number of benzene rings is 2. The van der Waals surface area contributed by atoms with E-state index in [2.05, 4.69) is 21.1 Å². The maximum absolute atomic E-state index is 14.7. The van der Waals surface area contributed by atoms with Crippen LogP contribution in [-0.4, -0.2) is 24.2 Å². The molecule has 0 aliphatic heterocycles. The zero-order chi connectivity index (χ0) is 23.2. The Kier molecular flexibility index (Phi) is 7.95. The number of allylic oxidation sites excluding steroid dienone is 1. The maximum atomic E-state index is 14.7. The summed E-state index contributed by atoms with van der Waals surface area (Å²) in [6.45, 7) is 2.97. The van der Waals surface area contributed by atoms with Crippen LogP contribution in [0.1, 0.15) is 25.3 Å². The van der Waals surface area contributed by atoms with E-state index < -0.39 is 11.6 Å². The molecule has 0 bridgehead atoms. The Bertz CT molecular complexity index is 1090. The molecular weight excluding hydrogens is 467 g/mol. The number of aromatic nitrogens is 1. The maximum Gasteiger partial charge on any atom is 0.166 e. The van der Waals surface area contributed by atoms with Crippen LogP contribution in [0.25, 0.3) is 5.57 Å². The lowest BCUT2D eigenvalue weighted by Gasteiger charge is -2.33. The third-order valence-corrected chi connectivity index (χ3v) is 6.90. The van der Waals surface area contributed by atoms with E-state index in [4.69, 9.17) is 4.74 Å². The fourth-order valence-electron chi connectivity index (χ4n) is 3.92. The van der Waals surface area contributed by atoms with Crippen LogP contribution in [0.3, 0.4) is 0 Å². The molecule has 0 fully saturated rings. The SMILES string of the molecule is CCNC1CCC=C(c2ccc(F)cc2)C1COc1cc(F)c(SNc2cscn2)cc1F. The fourth-order valence-corrected chi connectivity index (χ4v) is 5.13. The van der Waals surface area contributed by atoms with Gasteiger partial charge in [0.2, 0.25) is 0 Å². The Hall–Kier alpha value is -2.49. The van der Waals surface area contributed by atoms with E-state index in [9.17, 15) is 13.2 Å². The number of ether oxygens (including phenoxy) is 1. The van der Waals surface area contributed by atoms with Crippen molar-refractivity contribution >= 4 is 34.7 Å². The Morgan fingerprint density at radius 1 is 1.15 bits per heavy atom. The van der Waals surface area contributed by atoms with Crippen LogP contribution in [0.5, 0.6) is 5.75 Å². The van der Waals surface area contributed by atoms with E-state index >= 15 is 0 Å². The highest BCUT2D eigenvalue weighted by atomic mass is 32.2. The first-order valence-electron chi connectivity index (χ1n) is 10.7. The Morgan fingerprint density at radius 2 is 1.97 bits per heavy atom. The summed E-state index contributed by atoms with van der Waals surface area (Å²) < 4.78 is 51.5. The van der Waals surface area contributed by atoms with Gasteiger partial charge in [0.15, 0.2) is 11.6 Å². The number of nitrogens with one attached hydrogen (secondary N) is 2. The van der Waals surface area contributed by atoms with Crippen LogP contribution in [-0.2, 0) is 0 Å². The van der Waals surface area contributed by atoms with Gasteiger partial charge >= 0.3 is 0 Å². The van der Waals surface area contributed by atoms with Gasteiger partial charge in [-0.2, -0.15) is 0 Å². The summed E-state index contributed by atoms with van der Waals surface area (Å²) in [4.78, 5) is 4.17. The fraction of sp³-hybridized carbons (Fsp3) is 0.292. The van der Waals surface area contributed by atoms with Gasteiger partial charge in [-0.05, 0) is 60.7 Å². The van der Waals surface area contributed by atoms with Gasteiger partial charge in [-0.1, -0.05) is 25.1 Å². The highest BCUT2D eigenvalue weighted by Crippen LogP contribution is 2.35. The molecule has 4 nitrogen and oxygen atoms in total. The van der Waals surface area contributed by atoms with Crippen molar-refractivity contribution in [2.75, 3.05) is 17.9 Å².